The fraction of sp³-hybridized carbons (Fsp3) is 0.467. The Bertz CT molecular complexity index is 2410. The number of methoxy groups -OCH3 is 3. The monoisotopic (exact) mass is 852 g/mol. The number of likely N-dealkylation sites (tertiary alicyclic amines) is 1. The number of nitrogens with zero attached hydrogens (tertiary/aromatic N) is 4. The highest BCUT2D eigenvalue weighted by molar-refractivity contribution is 6.05. The molecule has 0 aliphatic carbocycles. The van der Waals surface area contributed by atoms with Gasteiger partial charge in [-0.05, 0) is 73.7 Å². The summed E-state index contributed by atoms with van der Waals surface area (Å²) in [6.45, 7) is 10.6. The first-order valence-corrected chi connectivity index (χ1v) is 20.9. The molecule has 5 aromatic rings. The van der Waals surface area contributed by atoms with E-state index < -0.39 is 48.1 Å². The van der Waals surface area contributed by atoms with Crippen molar-refractivity contribution in [1.29, 1.82) is 0 Å². The first-order valence-electron chi connectivity index (χ1n) is 20.9. The number of imidazole rings is 2. The van der Waals surface area contributed by atoms with Crippen molar-refractivity contribution in [2.24, 2.45) is 5.92 Å². The van der Waals surface area contributed by atoms with Crippen molar-refractivity contribution in [2.75, 3.05) is 47.6 Å². The molecule has 330 valence electrons. The van der Waals surface area contributed by atoms with Crippen LogP contribution in [0.1, 0.15) is 71.2 Å². The number of nitrogens with one attached hydrogen (secondary N) is 4. The molecule has 2 aliphatic heterocycles. The molecular formula is C45H56N8O9. The Labute approximate surface area is 360 Å². The number of carbonyl (C=O) groups is 4. The molecule has 2 saturated heterocycles. The number of amides is 4. The van der Waals surface area contributed by atoms with Crippen LogP contribution in [0.5, 0.6) is 0 Å². The standard InChI is InChI=1S/C45H56N8O9/c1-25(2)36(50-43(56)59-7)41(54)52-19-9-10-35(52)40-46-23-34(48-40)29-13-11-28(12-14-29)30-15-17-32-31(22-30)16-18-33-38(32)49-39(47-33)26(3)53(24-45(5)61-20-21-62-45)42(55)37(27(4)58-6)51-44(57)60-8/h11-18,22-23,25-27,35-37H,9-10,19-21,24H2,1-8H3,(H,46,48)(H,47,49)(H,50,56)(H,51,57)/t26-,27+,35-,36-,37-/m0/s1. The van der Waals surface area contributed by atoms with Crippen LogP contribution in [-0.2, 0) is 33.3 Å². The van der Waals surface area contributed by atoms with Crippen LogP contribution in [0.3, 0.4) is 0 Å². The number of rotatable bonds is 14. The van der Waals surface area contributed by atoms with Gasteiger partial charge in [-0.1, -0.05) is 56.3 Å². The van der Waals surface area contributed by atoms with E-state index in [9.17, 15) is 19.2 Å². The lowest BCUT2D eigenvalue weighted by atomic mass is 9.99. The molecule has 0 saturated carbocycles. The average molecular weight is 853 g/mol. The number of benzene rings is 3. The molecule has 4 amide bonds. The van der Waals surface area contributed by atoms with E-state index in [1.807, 2.05) is 45.0 Å². The lowest BCUT2D eigenvalue weighted by Crippen LogP contribution is -2.57. The predicted molar refractivity (Wildman–Crippen MR) is 231 cm³/mol. The summed E-state index contributed by atoms with van der Waals surface area (Å²) in [7, 11) is 3.99. The summed E-state index contributed by atoms with van der Waals surface area (Å²) in [4.78, 5) is 72.2. The van der Waals surface area contributed by atoms with Crippen LogP contribution >= 0.6 is 0 Å². The number of carbonyl (C=O) groups excluding carboxylic acids is 4. The quantitative estimate of drug-likeness (QED) is 0.0987. The maximum atomic E-state index is 14.3. The Morgan fingerprint density at radius 2 is 1.55 bits per heavy atom. The Morgan fingerprint density at radius 3 is 2.21 bits per heavy atom. The predicted octanol–water partition coefficient (Wildman–Crippen LogP) is 6.23. The van der Waals surface area contributed by atoms with Gasteiger partial charge in [0.25, 0.3) is 0 Å². The molecule has 4 N–H and O–H groups in total. The highest BCUT2D eigenvalue weighted by atomic mass is 16.7. The summed E-state index contributed by atoms with van der Waals surface area (Å²) < 4.78 is 26.9. The molecule has 2 aliphatic rings. The molecule has 0 unspecified atom stereocenters. The zero-order chi connectivity index (χ0) is 44.3. The van der Waals surface area contributed by atoms with Crippen molar-refractivity contribution >= 4 is 45.8 Å². The van der Waals surface area contributed by atoms with Crippen LogP contribution < -0.4 is 10.6 Å². The molecule has 5 atom stereocenters. The minimum atomic E-state index is -1.06. The highest BCUT2D eigenvalue weighted by Crippen LogP contribution is 2.35. The number of ether oxygens (including phenoxy) is 5. The molecule has 17 heteroatoms. The summed E-state index contributed by atoms with van der Waals surface area (Å²) in [6.07, 6.45) is 1.33. The lowest BCUT2D eigenvalue weighted by Gasteiger charge is -2.37. The molecule has 2 fully saturated rings. The van der Waals surface area contributed by atoms with Crippen molar-refractivity contribution in [3.8, 4) is 22.4 Å². The van der Waals surface area contributed by atoms with E-state index in [0.29, 0.717) is 31.4 Å². The van der Waals surface area contributed by atoms with Crippen LogP contribution in [0.25, 0.3) is 44.2 Å². The number of hydrogen-bond acceptors (Lipinski definition) is 11. The van der Waals surface area contributed by atoms with E-state index in [0.717, 1.165) is 57.0 Å². The molecule has 62 heavy (non-hydrogen) atoms. The number of aromatic amines is 2. The second-order valence-corrected chi connectivity index (χ2v) is 16.4. The molecule has 2 aromatic heterocycles. The fourth-order valence-electron chi connectivity index (χ4n) is 8.28. The maximum absolute atomic E-state index is 14.3. The van der Waals surface area contributed by atoms with Crippen LogP contribution in [0, 0.1) is 5.92 Å². The molecule has 3 aromatic carbocycles. The first-order chi connectivity index (χ1) is 29.7. The van der Waals surface area contributed by atoms with Gasteiger partial charge in [0.05, 0.1) is 75.1 Å². The summed E-state index contributed by atoms with van der Waals surface area (Å²) >= 11 is 0. The second-order valence-electron chi connectivity index (χ2n) is 16.4. The van der Waals surface area contributed by atoms with Gasteiger partial charge in [-0.2, -0.15) is 0 Å². The second kappa shape index (κ2) is 18.5. The summed E-state index contributed by atoms with van der Waals surface area (Å²) in [5.74, 6) is -0.490. The van der Waals surface area contributed by atoms with Crippen LogP contribution in [-0.4, -0.2) is 125 Å². The highest BCUT2D eigenvalue weighted by Gasteiger charge is 2.42. The maximum Gasteiger partial charge on any atom is 0.407 e. The van der Waals surface area contributed by atoms with Gasteiger partial charge in [0, 0.05) is 19.0 Å². The fourth-order valence-corrected chi connectivity index (χ4v) is 8.28. The topological polar surface area (TPSA) is 202 Å². The Balaban J connectivity index is 1.10. The Hall–Kier alpha value is -6.04. The number of H-pyrrole nitrogens is 2. The van der Waals surface area contributed by atoms with Crippen molar-refractivity contribution in [1.82, 2.24) is 40.4 Å². The summed E-state index contributed by atoms with van der Waals surface area (Å²) in [6, 6.07) is 15.9. The van der Waals surface area contributed by atoms with Crippen LogP contribution in [0.4, 0.5) is 9.59 Å². The summed E-state index contributed by atoms with van der Waals surface area (Å²) in [5.41, 5.74) is 5.40. The summed E-state index contributed by atoms with van der Waals surface area (Å²) in [5, 5.41) is 7.26. The number of fused-ring (bicyclic) bond motifs is 3. The van der Waals surface area contributed by atoms with Gasteiger partial charge in [-0.3, -0.25) is 9.59 Å². The van der Waals surface area contributed by atoms with Crippen molar-refractivity contribution < 1.29 is 42.9 Å². The van der Waals surface area contributed by atoms with Gasteiger partial charge >= 0.3 is 12.2 Å². The van der Waals surface area contributed by atoms with E-state index >= 15 is 0 Å². The SMILES string of the molecule is COC(=O)N[C@H](C(=O)N1CCC[C@H]1c1ncc(-c2ccc(-c3ccc4c(ccc5[nH]c([C@H](C)N(CC6(C)OCCO6)C(=O)[C@@H](NC(=O)OC)[C@@H](C)OC)nc54)c3)cc2)[nH]1)C(C)C. The van der Waals surface area contributed by atoms with Gasteiger partial charge in [0.1, 0.15) is 23.7 Å². The molecule has 7 rings (SSSR count). The van der Waals surface area contributed by atoms with E-state index in [2.05, 4.69) is 50.9 Å². The first kappa shape index (κ1) is 44.0. The van der Waals surface area contributed by atoms with Gasteiger partial charge in [0.2, 0.25) is 11.8 Å². The van der Waals surface area contributed by atoms with E-state index in [1.54, 1.807) is 29.8 Å². The van der Waals surface area contributed by atoms with E-state index in [-0.39, 0.29) is 24.4 Å². The third kappa shape index (κ3) is 9.10. The molecule has 17 nitrogen and oxygen atoms in total. The Morgan fingerprint density at radius 1 is 0.887 bits per heavy atom. The zero-order valence-corrected chi connectivity index (χ0v) is 36.4. The molecule has 0 bridgehead atoms. The van der Waals surface area contributed by atoms with Gasteiger partial charge in [-0.25, -0.2) is 19.6 Å². The van der Waals surface area contributed by atoms with Crippen LogP contribution in [0.15, 0.2) is 60.8 Å². The van der Waals surface area contributed by atoms with Gasteiger partial charge in [0.15, 0.2) is 5.79 Å². The third-order valence-electron chi connectivity index (χ3n) is 11.9. The zero-order valence-electron chi connectivity index (χ0n) is 36.4. The Kier molecular flexibility index (Phi) is 13.2. The average Bonchev–Trinajstić information content (AvgIpc) is 4.12. The third-order valence-corrected chi connectivity index (χ3v) is 11.9. The number of aromatic nitrogens is 4. The van der Waals surface area contributed by atoms with Crippen LogP contribution in [0.2, 0.25) is 0 Å². The van der Waals surface area contributed by atoms with Crippen molar-refractivity contribution in [2.45, 2.75) is 83.5 Å². The molecule has 0 spiro atoms. The van der Waals surface area contributed by atoms with Crippen molar-refractivity contribution in [3.63, 3.8) is 0 Å². The largest absolute Gasteiger partial charge is 0.453 e. The minimum absolute atomic E-state index is 0.0703. The van der Waals surface area contributed by atoms with E-state index in [4.69, 9.17) is 33.7 Å². The van der Waals surface area contributed by atoms with E-state index in [1.165, 1.54) is 21.3 Å². The lowest BCUT2D eigenvalue weighted by molar-refractivity contribution is -0.172. The molecular weight excluding hydrogens is 797 g/mol. The normalized spacial score (nSPS) is 18.1. The molecule has 4 heterocycles. The van der Waals surface area contributed by atoms with Crippen molar-refractivity contribution in [3.05, 3.63) is 72.4 Å². The molecule has 0 radical (unpaired) electrons. The smallest absolute Gasteiger partial charge is 0.407 e. The number of alkyl carbamates (subject to hydrolysis) is 2. The van der Waals surface area contributed by atoms with Gasteiger partial charge in [-0.15, -0.1) is 0 Å². The number of hydrogen-bond donors (Lipinski definition) is 4. The minimum Gasteiger partial charge on any atom is -0.453 e. The van der Waals surface area contributed by atoms with Gasteiger partial charge < -0.3 is 54.1 Å².